The molecule has 180 valence electrons. The summed E-state index contributed by atoms with van der Waals surface area (Å²) in [7, 11) is 0. The number of aromatic nitrogens is 2. The highest BCUT2D eigenvalue weighted by molar-refractivity contribution is 6.00. The zero-order valence-electron chi connectivity index (χ0n) is 19.6. The Hall–Kier alpha value is -3.88. The van der Waals surface area contributed by atoms with Crippen LogP contribution in [0.3, 0.4) is 0 Å². The van der Waals surface area contributed by atoms with Crippen LogP contribution in [0.5, 0.6) is 0 Å². The largest absolute Gasteiger partial charge is 0.369 e. The Morgan fingerprint density at radius 3 is 2.74 bits per heavy atom. The quantitative estimate of drug-likeness (QED) is 0.731. The normalized spacial score (nSPS) is 24.4. The minimum absolute atomic E-state index is 0.00982. The first-order chi connectivity index (χ1) is 17.1. The van der Waals surface area contributed by atoms with E-state index in [1.54, 1.807) is 4.90 Å². The van der Waals surface area contributed by atoms with Gasteiger partial charge in [0.05, 0.1) is 17.8 Å². The molecule has 9 nitrogen and oxygen atoms in total. The van der Waals surface area contributed by atoms with E-state index in [2.05, 4.69) is 27.3 Å². The number of nitrogens with one attached hydrogen (secondary N) is 1. The van der Waals surface area contributed by atoms with Gasteiger partial charge in [0.25, 0.3) is 0 Å². The Labute approximate surface area is 203 Å². The fourth-order valence-electron chi connectivity index (χ4n) is 5.26. The number of hydrogen-bond acceptors (Lipinski definition) is 7. The Bertz CT molecular complexity index is 1220. The Balaban J connectivity index is 1.06. The van der Waals surface area contributed by atoms with Crippen LogP contribution in [0.15, 0.2) is 65.1 Å². The van der Waals surface area contributed by atoms with Crippen molar-refractivity contribution in [3.63, 3.8) is 0 Å². The summed E-state index contributed by atoms with van der Waals surface area (Å²) in [5.74, 6) is 1.12. The highest BCUT2D eigenvalue weighted by Crippen LogP contribution is 2.32. The third kappa shape index (κ3) is 4.00. The second-order valence-electron chi connectivity index (χ2n) is 9.53. The number of likely N-dealkylation sites (tertiary alicyclic amines) is 1. The summed E-state index contributed by atoms with van der Waals surface area (Å²) in [6.45, 7) is 3.80. The Morgan fingerprint density at radius 1 is 1.14 bits per heavy atom. The SMILES string of the molecule is CC1NC=C2C=CC(c3noc(C4CCN(C(=O)C5CC(=O)N(c6ccccc6)C5)CC4)n3)=CN21. The maximum absolute atomic E-state index is 13.2. The van der Waals surface area contributed by atoms with Crippen molar-refractivity contribution in [1.82, 2.24) is 25.3 Å². The van der Waals surface area contributed by atoms with Crippen LogP contribution in [0.2, 0.25) is 0 Å². The number of carbonyl (C=O) groups is 2. The number of carbonyl (C=O) groups excluding carboxylic acids is 2. The van der Waals surface area contributed by atoms with Gasteiger partial charge in [-0.25, -0.2) is 0 Å². The number of para-hydroxylation sites is 1. The zero-order valence-corrected chi connectivity index (χ0v) is 19.6. The summed E-state index contributed by atoms with van der Waals surface area (Å²) >= 11 is 0. The summed E-state index contributed by atoms with van der Waals surface area (Å²) in [5, 5.41) is 7.51. The monoisotopic (exact) mass is 472 g/mol. The van der Waals surface area contributed by atoms with Crippen molar-refractivity contribution >= 4 is 23.1 Å². The fourth-order valence-corrected chi connectivity index (χ4v) is 5.26. The van der Waals surface area contributed by atoms with Crippen LogP contribution in [0, 0.1) is 5.92 Å². The molecule has 2 saturated heterocycles. The number of anilines is 1. The highest BCUT2D eigenvalue weighted by atomic mass is 16.5. The number of fused-ring (bicyclic) bond motifs is 1. The third-order valence-corrected chi connectivity index (χ3v) is 7.30. The molecule has 9 heteroatoms. The number of benzene rings is 1. The molecule has 6 rings (SSSR count). The van der Waals surface area contributed by atoms with Crippen LogP contribution in [0.1, 0.15) is 43.8 Å². The van der Waals surface area contributed by atoms with Gasteiger partial charge in [0.2, 0.25) is 23.5 Å². The van der Waals surface area contributed by atoms with Crippen molar-refractivity contribution in [3.8, 4) is 0 Å². The first-order valence-electron chi connectivity index (χ1n) is 12.2. The van der Waals surface area contributed by atoms with Gasteiger partial charge in [0, 0.05) is 55.6 Å². The summed E-state index contributed by atoms with van der Waals surface area (Å²) in [4.78, 5) is 36.1. The molecule has 2 fully saturated rings. The molecule has 4 aliphatic rings. The van der Waals surface area contributed by atoms with Gasteiger partial charge in [-0.3, -0.25) is 9.59 Å². The maximum atomic E-state index is 13.2. The van der Waals surface area contributed by atoms with E-state index in [1.807, 2.05) is 59.8 Å². The summed E-state index contributed by atoms with van der Waals surface area (Å²) < 4.78 is 5.63. The van der Waals surface area contributed by atoms with E-state index in [0.717, 1.165) is 29.8 Å². The number of amides is 2. The first kappa shape index (κ1) is 21.6. The van der Waals surface area contributed by atoms with Crippen molar-refractivity contribution < 1.29 is 14.1 Å². The van der Waals surface area contributed by atoms with Crippen molar-refractivity contribution in [2.45, 2.75) is 38.3 Å². The second-order valence-corrected chi connectivity index (χ2v) is 9.53. The molecule has 1 N–H and O–H groups in total. The number of piperidine rings is 1. The van der Waals surface area contributed by atoms with Crippen LogP contribution in [-0.4, -0.2) is 57.6 Å². The third-order valence-electron chi connectivity index (χ3n) is 7.30. The topological polar surface area (TPSA) is 94.8 Å². The molecule has 5 heterocycles. The first-order valence-corrected chi connectivity index (χ1v) is 12.2. The standard InChI is InChI=1S/C26H28N6O3/c1-17-27-14-22-8-7-19(15-31(17)22)24-28-25(35-29-24)18-9-11-30(12-10-18)26(34)20-13-23(33)32(16-20)21-5-3-2-4-6-21/h2-8,14-15,17-18,20,27H,9-13,16H2,1H3. The smallest absolute Gasteiger partial charge is 0.230 e. The van der Waals surface area contributed by atoms with Crippen LogP contribution in [-0.2, 0) is 9.59 Å². The minimum atomic E-state index is -0.291. The van der Waals surface area contributed by atoms with E-state index in [1.165, 1.54) is 0 Å². The molecule has 35 heavy (non-hydrogen) atoms. The molecule has 2 unspecified atom stereocenters. The Morgan fingerprint density at radius 2 is 1.94 bits per heavy atom. The zero-order chi connectivity index (χ0) is 23.9. The lowest BCUT2D eigenvalue weighted by Crippen LogP contribution is -2.42. The van der Waals surface area contributed by atoms with E-state index in [9.17, 15) is 9.59 Å². The molecular weight excluding hydrogens is 444 g/mol. The van der Waals surface area contributed by atoms with Gasteiger partial charge in [-0.15, -0.1) is 0 Å². The van der Waals surface area contributed by atoms with Crippen LogP contribution in [0.25, 0.3) is 5.57 Å². The minimum Gasteiger partial charge on any atom is -0.369 e. The van der Waals surface area contributed by atoms with Gasteiger partial charge in [0.15, 0.2) is 0 Å². The van der Waals surface area contributed by atoms with Gasteiger partial charge >= 0.3 is 0 Å². The second kappa shape index (κ2) is 8.72. The van der Waals surface area contributed by atoms with Gasteiger partial charge in [-0.05, 0) is 44.1 Å². The molecule has 2 amide bonds. The van der Waals surface area contributed by atoms with Gasteiger partial charge in [0.1, 0.15) is 0 Å². The predicted octanol–water partition coefficient (Wildman–Crippen LogP) is 2.83. The van der Waals surface area contributed by atoms with Gasteiger partial charge in [-0.1, -0.05) is 23.4 Å². The molecule has 0 radical (unpaired) electrons. The van der Waals surface area contributed by atoms with E-state index in [0.29, 0.717) is 31.3 Å². The number of nitrogens with zero attached hydrogens (tertiary/aromatic N) is 5. The van der Waals surface area contributed by atoms with E-state index in [-0.39, 0.29) is 36.2 Å². The molecule has 2 aromatic rings. The number of rotatable bonds is 4. The lowest BCUT2D eigenvalue weighted by Gasteiger charge is -2.32. The molecule has 0 bridgehead atoms. The van der Waals surface area contributed by atoms with Crippen LogP contribution in [0.4, 0.5) is 5.69 Å². The van der Waals surface area contributed by atoms with Crippen molar-refractivity contribution in [1.29, 1.82) is 0 Å². The summed E-state index contributed by atoms with van der Waals surface area (Å²) in [6.07, 6.45) is 10.1. The Kier molecular flexibility index (Phi) is 5.39. The molecule has 1 aromatic carbocycles. The van der Waals surface area contributed by atoms with Crippen molar-refractivity contribution in [2.75, 3.05) is 24.5 Å². The van der Waals surface area contributed by atoms with Crippen molar-refractivity contribution in [3.05, 3.63) is 72.3 Å². The molecular formula is C26H28N6O3. The fraction of sp³-hybridized carbons (Fsp3) is 0.385. The van der Waals surface area contributed by atoms with Gasteiger partial charge < -0.3 is 24.5 Å². The van der Waals surface area contributed by atoms with E-state index in [4.69, 9.17) is 4.52 Å². The van der Waals surface area contributed by atoms with E-state index >= 15 is 0 Å². The molecule has 0 spiro atoms. The number of allylic oxidation sites excluding steroid dienone is 3. The molecule has 0 aliphatic carbocycles. The van der Waals surface area contributed by atoms with Crippen molar-refractivity contribution in [2.24, 2.45) is 5.92 Å². The summed E-state index contributed by atoms with van der Waals surface area (Å²) in [6, 6.07) is 9.55. The average molecular weight is 473 g/mol. The van der Waals surface area contributed by atoms with Crippen LogP contribution < -0.4 is 10.2 Å². The van der Waals surface area contributed by atoms with Gasteiger partial charge in [-0.2, -0.15) is 4.98 Å². The lowest BCUT2D eigenvalue weighted by atomic mass is 9.95. The van der Waals surface area contributed by atoms with Crippen LogP contribution >= 0.6 is 0 Å². The molecule has 4 aliphatic heterocycles. The molecule has 1 aromatic heterocycles. The molecule has 2 atom stereocenters. The molecule has 0 saturated carbocycles. The highest BCUT2D eigenvalue weighted by Gasteiger charge is 2.38. The maximum Gasteiger partial charge on any atom is 0.230 e. The summed E-state index contributed by atoms with van der Waals surface area (Å²) in [5.41, 5.74) is 2.87. The average Bonchev–Trinajstić information content (AvgIpc) is 3.63. The number of hydrogen-bond donors (Lipinski definition) is 1. The predicted molar refractivity (Wildman–Crippen MR) is 129 cm³/mol. The lowest BCUT2D eigenvalue weighted by molar-refractivity contribution is -0.136. The van der Waals surface area contributed by atoms with E-state index < -0.39 is 0 Å².